The maximum Gasteiger partial charge on any atom is 0.324 e. The van der Waals surface area contributed by atoms with Gasteiger partial charge in [0.05, 0.1) is 71.5 Å². The van der Waals surface area contributed by atoms with Crippen molar-refractivity contribution in [2.45, 2.75) is 84.0 Å². The molecule has 52 heavy (non-hydrogen) atoms. The molecule has 4 aromatic rings. The molecule has 2 fully saturated rings. The minimum Gasteiger partial charge on any atom is -0.464 e. The Kier molecular flexibility index (Phi) is 9.58. The molecule has 7 heterocycles. The van der Waals surface area contributed by atoms with Crippen LogP contribution in [0.15, 0.2) is 29.8 Å². The summed E-state index contributed by atoms with van der Waals surface area (Å²) in [6, 6.07) is 5.47. The number of thiazole rings is 1. The van der Waals surface area contributed by atoms with Crippen molar-refractivity contribution in [3.05, 3.63) is 51.6 Å². The number of cyclic esters (lactones) is 1. The van der Waals surface area contributed by atoms with Crippen molar-refractivity contribution in [3.8, 4) is 22.5 Å². The molecule has 4 aliphatic heterocycles. The molecule has 0 saturated carbocycles. The Labute approximate surface area is 308 Å². The Morgan fingerprint density at radius 3 is 2.75 bits per heavy atom. The Bertz CT molecular complexity index is 2000. The molecule has 3 N–H and O–H groups in total. The van der Waals surface area contributed by atoms with Gasteiger partial charge >= 0.3 is 5.97 Å². The van der Waals surface area contributed by atoms with Gasteiger partial charge < -0.3 is 29.4 Å². The molecular weight excluding hydrogens is 679 g/mol. The highest BCUT2D eigenvalue weighted by atomic mass is 32.1. The SMILES string of the molecule is CO[C@@H](C)c1ncc(N2CCOCC2)cc1-c1c2c3cc(cc4c3n1CCC4)-c1csc(n1)C[C@H](N)C(=O)N1CCC[C@H](N1)C(=O)OCC(C)(C)C2. The molecule has 1 amide bonds. The number of nitrogens with two attached hydrogens (primary N) is 1. The number of nitrogens with zero attached hydrogens (tertiary/aromatic N) is 5. The molecule has 12 nitrogen and oxygen atoms in total. The van der Waals surface area contributed by atoms with Crippen LogP contribution in [-0.4, -0.2) is 90.1 Å². The third-order valence-corrected chi connectivity index (χ3v) is 11.9. The summed E-state index contributed by atoms with van der Waals surface area (Å²) in [5, 5.41) is 5.57. The van der Waals surface area contributed by atoms with E-state index in [1.807, 2.05) is 6.20 Å². The summed E-state index contributed by atoms with van der Waals surface area (Å²) < 4.78 is 20.2. The fourth-order valence-corrected chi connectivity index (χ4v) is 9.09. The monoisotopic (exact) mass is 727 g/mol. The van der Waals surface area contributed by atoms with E-state index < -0.39 is 17.5 Å². The first kappa shape index (κ1) is 35.2. The number of hydrogen-bond acceptors (Lipinski definition) is 11. The first-order valence-corrected chi connectivity index (χ1v) is 19.5. The molecule has 13 heteroatoms. The Balaban J connectivity index is 1.32. The van der Waals surface area contributed by atoms with Crippen LogP contribution in [-0.2, 0) is 49.6 Å². The first-order valence-electron chi connectivity index (χ1n) is 18.6. The zero-order chi connectivity index (χ0) is 36.1. The molecule has 3 atom stereocenters. The van der Waals surface area contributed by atoms with Crippen LogP contribution < -0.4 is 16.1 Å². The van der Waals surface area contributed by atoms with Gasteiger partial charge in [-0.1, -0.05) is 13.8 Å². The molecular formula is C39H49N7O5S. The molecule has 276 valence electrons. The van der Waals surface area contributed by atoms with Crippen LogP contribution in [0.1, 0.15) is 68.0 Å². The summed E-state index contributed by atoms with van der Waals surface area (Å²) >= 11 is 1.53. The van der Waals surface area contributed by atoms with Crippen molar-refractivity contribution >= 4 is 39.8 Å². The first-order chi connectivity index (χ1) is 25.1. The van der Waals surface area contributed by atoms with E-state index in [2.05, 4.69) is 59.2 Å². The predicted octanol–water partition coefficient (Wildman–Crippen LogP) is 4.81. The maximum atomic E-state index is 13.5. The number of rotatable bonds is 4. The van der Waals surface area contributed by atoms with Gasteiger partial charge in [0, 0.05) is 67.0 Å². The number of amides is 1. The summed E-state index contributed by atoms with van der Waals surface area (Å²) in [7, 11) is 1.73. The van der Waals surface area contributed by atoms with E-state index in [4.69, 9.17) is 29.9 Å². The minimum absolute atomic E-state index is 0.221. The zero-order valence-electron chi connectivity index (χ0n) is 30.6. The molecule has 4 aliphatic rings. The number of hydrazine groups is 1. The van der Waals surface area contributed by atoms with Crippen LogP contribution in [0, 0.1) is 5.41 Å². The number of anilines is 1. The number of pyridine rings is 1. The second-order valence-electron chi connectivity index (χ2n) is 15.4. The van der Waals surface area contributed by atoms with E-state index in [0.717, 1.165) is 71.4 Å². The quantitative estimate of drug-likeness (QED) is 0.282. The van der Waals surface area contributed by atoms with Crippen molar-refractivity contribution in [1.82, 2.24) is 25.0 Å². The lowest BCUT2D eigenvalue weighted by Crippen LogP contribution is -2.59. The van der Waals surface area contributed by atoms with E-state index in [9.17, 15) is 9.59 Å². The molecule has 0 radical (unpaired) electrons. The molecule has 2 saturated heterocycles. The van der Waals surface area contributed by atoms with Gasteiger partial charge in [0.25, 0.3) is 5.91 Å². The standard InChI is InChI=1S/C39H49N7O5S/c1-23(49-4)34-28(17-26(20-41-34)44-11-13-50-14-12-44)36-29-19-39(2,3)22-51-38(48)31-8-6-10-46(43-31)37(47)30(40)18-33-42-32(21-52-33)25-15-24-7-5-9-45(36)35(24)27(29)16-25/h15-17,20-21,23,30-31,43H,5-14,18-19,22,40H2,1-4H3/t23-,30-,31-/m0/s1. The van der Waals surface area contributed by atoms with Crippen LogP contribution in [0.5, 0.6) is 0 Å². The molecule has 0 unspecified atom stereocenters. The third-order valence-electron chi connectivity index (χ3n) is 11.0. The van der Waals surface area contributed by atoms with E-state index >= 15 is 0 Å². The highest BCUT2D eigenvalue weighted by molar-refractivity contribution is 7.10. The summed E-state index contributed by atoms with van der Waals surface area (Å²) in [6.07, 6.45) is 5.95. The average Bonchev–Trinajstić information content (AvgIpc) is 3.75. The number of ether oxygens (including phenoxy) is 3. The smallest absolute Gasteiger partial charge is 0.324 e. The molecule has 0 spiro atoms. The summed E-state index contributed by atoms with van der Waals surface area (Å²) in [5.41, 5.74) is 19.0. The lowest BCUT2D eigenvalue weighted by molar-refractivity contribution is -0.154. The summed E-state index contributed by atoms with van der Waals surface area (Å²) in [4.78, 5) is 39.4. The number of methoxy groups -OCH3 is 1. The molecule has 6 bridgehead atoms. The van der Waals surface area contributed by atoms with Crippen molar-refractivity contribution in [2.24, 2.45) is 11.1 Å². The Morgan fingerprint density at radius 2 is 1.94 bits per heavy atom. The van der Waals surface area contributed by atoms with E-state index in [0.29, 0.717) is 45.4 Å². The maximum absolute atomic E-state index is 13.5. The van der Waals surface area contributed by atoms with E-state index in [1.165, 1.54) is 38.4 Å². The number of morpholine rings is 1. The van der Waals surface area contributed by atoms with Crippen LogP contribution >= 0.6 is 11.3 Å². The van der Waals surface area contributed by atoms with Gasteiger partial charge in [-0.05, 0) is 68.4 Å². The van der Waals surface area contributed by atoms with Gasteiger partial charge in [0.15, 0.2) is 0 Å². The lowest BCUT2D eigenvalue weighted by atomic mass is 9.84. The second-order valence-corrected chi connectivity index (χ2v) is 16.4. The summed E-state index contributed by atoms with van der Waals surface area (Å²) in [6.45, 7) is 11.0. The number of fused-ring (bicyclic) bond motifs is 6. The highest BCUT2D eigenvalue weighted by Gasteiger charge is 2.35. The molecule has 0 aliphatic carbocycles. The van der Waals surface area contributed by atoms with Gasteiger partial charge in [0.2, 0.25) is 0 Å². The van der Waals surface area contributed by atoms with Crippen LogP contribution in [0.2, 0.25) is 0 Å². The molecule has 8 rings (SSSR count). The number of aromatic nitrogens is 3. The number of carbonyl (C=O) groups is 2. The Morgan fingerprint density at radius 1 is 1.12 bits per heavy atom. The van der Waals surface area contributed by atoms with Crippen molar-refractivity contribution in [3.63, 3.8) is 0 Å². The topological polar surface area (TPSA) is 137 Å². The van der Waals surface area contributed by atoms with Crippen LogP contribution in [0.4, 0.5) is 5.69 Å². The summed E-state index contributed by atoms with van der Waals surface area (Å²) in [5.74, 6) is -0.594. The number of carbonyl (C=O) groups excluding carboxylic acids is 2. The fraction of sp³-hybridized carbons (Fsp3) is 0.538. The van der Waals surface area contributed by atoms with Crippen LogP contribution in [0.3, 0.4) is 0 Å². The Hall–Kier alpha value is -3.88. The minimum atomic E-state index is -0.781. The number of hydrogen-bond donors (Lipinski definition) is 2. The molecule has 1 aromatic carbocycles. The second kappa shape index (κ2) is 14.2. The van der Waals surface area contributed by atoms with Gasteiger partial charge in [-0.3, -0.25) is 19.6 Å². The van der Waals surface area contributed by atoms with Crippen molar-refractivity contribution < 1.29 is 23.8 Å². The predicted molar refractivity (Wildman–Crippen MR) is 201 cm³/mol. The van der Waals surface area contributed by atoms with Crippen molar-refractivity contribution in [1.29, 1.82) is 0 Å². The number of esters is 1. The van der Waals surface area contributed by atoms with E-state index in [-0.39, 0.29) is 24.6 Å². The lowest BCUT2D eigenvalue weighted by Gasteiger charge is -2.34. The third kappa shape index (κ3) is 6.62. The number of nitrogens with one attached hydrogen (secondary N) is 1. The fourth-order valence-electron chi connectivity index (χ4n) is 8.23. The average molecular weight is 728 g/mol. The van der Waals surface area contributed by atoms with Gasteiger partial charge in [-0.15, -0.1) is 11.3 Å². The van der Waals surface area contributed by atoms with Gasteiger partial charge in [-0.2, -0.15) is 0 Å². The van der Waals surface area contributed by atoms with Gasteiger partial charge in [0.1, 0.15) is 6.04 Å². The van der Waals surface area contributed by atoms with Crippen LogP contribution in [0.25, 0.3) is 33.4 Å². The largest absolute Gasteiger partial charge is 0.464 e. The highest BCUT2D eigenvalue weighted by Crippen LogP contribution is 2.45. The van der Waals surface area contributed by atoms with E-state index in [1.54, 1.807) is 7.11 Å². The normalized spacial score (nSPS) is 23.0. The number of aryl methyl sites for hydroxylation is 2. The zero-order valence-corrected chi connectivity index (χ0v) is 31.4. The molecule has 3 aromatic heterocycles. The number of benzene rings is 1. The van der Waals surface area contributed by atoms with Crippen molar-refractivity contribution in [2.75, 3.05) is 51.5 Å². The van der Waals surface area contributed by atoms with Gasteiger partial charge in [-0.25, -0.2) is 10.4 Å².